The molecule has 10 N–H and O–H groups in total. The molecule has 3 aromatic carbocycles. The zero-order valence-corrected chi connectivity index (χ0v) is 21.2. The van der Waals surface area contributed by atoms with Crippen molar-refractivity contribution in [2.75, 3.05) is 49.4 Å². The standard InChI is InChI=1S/C27H32N6O5/c1-36-19-7-5-16(6-8-19)15-38-23-14-18(27(31)35)12-21(29)25(23)33-10-4-3-9-32-24-20(28)11-17(26(30)34)13-22(24)37-2/h3-8,11-14,32-33H,9-10,15,28-29H2,1-2H3,(H2,30,34)(H2,31,35)/b4-3+. The summed E-state index contributed by atoms with van der Waals surface area (Å²) in [6.45, 7) is 1.08. The summed E-state index contributed by atoms with van der Waals surface area (Å²) in [5.41, 5.74) is 26.2. The lowest BCUT2D eigenvalue weighted by Crippen LogP contribution is -2.14. The first-order valence-corrected chi connectivity index (χ1v) is 11.6. The van der Waals surface area contributed by atoms with Gasteiger partial charge in [0.05, 0.1) is 25.6 Å². The van der Waals surface area contributed by atoms with E-state index in [1.807, 2.05) is 36.4 Å². The van der Waals surface area contributed by atoms with Crippen LogP contribution in [0, 0.1) is 0 Å². The summed E-state index contributed by atoms with van der Waals surface area (Å²) in [6.07, 6.45) is 3.75. The number of amides is 2. The number of nitrogens with two attached hydrogens (primary N) is 4. The van der Waals surface area contributed by atoms with E-state index in [0.29, 0.717) is 47.3 Å². The highest BCUT2D eigenvalue weighted by atomic mass is 16.5. The molecule has 0 saturated heterocycles. The SMILES string of the molecule is COc1ccc(COc2cc(C(N)=O)cc(N)c2NC/C=C/CNc2c(N)cc(C(N)=O)cc2OC)cc1. The maximum atomic E-state index is 11.8. The molecule has 0 aliphatic heterocycles. The van der Waals surface area contributed by atoms with Gasteiger partial charge in [0, 0.05) is 24.2 Å². The number of hydrogen-bond acceptors (Lipinski definition) is 9. The van der Waals surface area contributed by atoms with Crippen molar-refractivity contribution in [1.29, 1.82) is 0 Å². The molecular formula is C27H32N6O5. The minimum absolute atomic E-state index is 0.242. The lowest BCUT2D eigenvalue weighted by atomic mass is 10.1. The quantitative estimate of drug-likeness (QED) is 0.145. The van der Waals surface area contributed by atoms with Crippen LogP contribution in [0.3, 0.4) is 0 Å². The van der Waals surface area contributed by atoms with Crippen LogP contribution in [0.2, 0.25) is 0 Å². The van der Waals surface area contributed by atoms with E-state index in [0.717, 1.165) is 11.3 Å². The smallest absolute Gasteiger partial charge is 0.248 e. The fraction of sp³-hybridized carbons (Fsp3) is 0.185. The summed E-state index contributed by atoms with van der Waals surface area (Å²) >= 11 is 0. The van der Waals surface area contributed by atoms with Crippen molar-refractivity contribution in [3.63, 3.8) is 0 Å². The van der Waals surface area contributed by atoms with E-state index in [-0.39, 0.29) is 17.7 Å². The van der Waals surface area contributed by atoms with E-state index < -0.39 is 11.8 Å². The molecule has 0 aliphatic carbocycles. The summed E-state index contributed by atoms with van der Waals surface area (Å²) in [4.78, 5) is 23.2. The van der Waals surface area contributed by atoms with E-state index in [1.165, 1.54) is 25.3 Å². The molecule has 0 saturated carbocycles. The second-order valence-electron chi connectivity index (χ2n) is 8.18. The van der Waals surface area contributed by atoms with Gasteiger partial charge < -0.3 is 47.8 Å². The highest BCUT2D eigenvalue weighted by molar-refractivity contribution is 5.97. The maximum absolute atomic E-state index is 11.8. The zero-order valence-electron chi connectivity index (χ0n) is 21.2. The number of methoxy groups -OCH3 is 2. The number of ether oxygens (including phenoxy) is 3. The fourth-order valence-electron chi connectivity index (χ4n) is 3.58. The maximum Gasteiger partial charge on any atom is 0.248 e. The Hall–Kier alpha value is -5.06. The topological polar surface area (TPSA) is 190 Å². The Labute approximate surface area is 220 Å². The van der Waals surface area contributed by atoms with Gasteiger partial charge >= 0.3 is 0 Å². The first-order valence-electron chi connectivity index (χ1n) is 11.6. The third kappa shape index (κ3) is 7.00. The van der Waals surface area contributed by atoms with Crippen LogP contribution in [-0.4, -0.2) is 39.1 Å². The minimum Gasteiger partial charge on any atom is -0.497 e. The van der Waals surface area contributed by atoms with Gasteiger partial charge in [-0.2, -0.15) is 0 Å². The second-order valence-corrected chi connectivity index (χ2v) is 8.18. The number of primary amides is 2. The van der Waals surface area contributed by atoms with Crippen LogP contribution in [0.1, 0.15) is 26.3 Å². The molecule has 11 heteroatoms. The Bertz CT molecular complexity index is 1320. The van der Waals surface area contributed by atoms with Crippen LogP contribution in [0.15, 0.2) is 60.7 Å². The number of carbonyl (C=O) groups is 2. The molecule has 0 unspecified atom stereocenters. The number of carbonyl (C=O) groups excluding carboxylic acids is 2. The van der Waals surface area contributed by atoms with Gasteiger partial charge in [-0.05, 0) is 42.0 Å². The fourth-order valence-corrected chi connectivity index (χ4v) is 3.58. The molecule has 38 heavy (non-hydrogen) atoms. The molecule has 0 aliphatic rings. The summed E-state index contributed by atoms with van der Waals surface area (Å²) < 4.78 is 16.5. The largest absolute Gasteiger partial charge is 0.497 e. The van der Waals surface area contributed by atoms with Gasteiger partial charge in [-0.25, -0.2) is 0 Å². The van der Waals surface area contributed by atoms with Crippen LogP contribution in [-0.2, 0) is 6.61 Å². The Balaban J connectivity index is 1.65. The highest BCUT2D eigenvalue weighted by Gasteiger charge is 2.14. The normalized spacial score (nSPS) is 10.7. The lowest BCUT2D eigenvalue weighted by Gasteiger charge is -2.16. The van der Waals surface area contributed by atoms with Gasteiger partial charge in [0.1, 0.15) is 35.2 Å². The van der Waals surface area contributed by atoms with Crippen LogP contribution >= 0.6 is 0 Å². The van der Waals surface area contributed by atoms with Gasteiger partial charge in [-0.3, -0.25) is 9.59 Å². The predicted molar refractivity (Wildman–Crippen MR) is 149 cm³/mol. The minimum atomic E-state index is -0.609. The number of rotatable bonds is 13. The summed E-state index contributed by atoms with van der Waals surface area (Å²) in [7, 11) is 3.08. The van der Waals surface area contributed by atoms with Crippen molar-refractivity contribution in [1.82, 2.24) is 0 Å². The molecule has 0 fully saturated rings. The number of nitrogens with one attached hydrogen (secondary N) is 2. The molecule has 0 radical (unpaired) electrons. The Morgan fingerprint density at radius 1 is 0.763 bits per heavy atom. The average molecular weight is 521 g/mol. The van der Waals surface area contributed by atoms with Gasteiger partial charge in [0.2, 0.25) is 11.8 Å². The molecule has 11 nitrogen and oxygen atoms in total. The predicted octanol–water partition coefficient (Wildman–Crippen LogP) is 2.73. The van der Waals surface area contributed by atoms with Crippen molar-refractivity contribution in [2.45, 2.75) is 6.61 Å². The number of nitrogen functional groups attached to an aromatic ring is 2. The highest BCUT2D eigenvalue weighted by Crippen LogP contribution is 2.34. The van der Waals surface area contributed by atoms with Crippen molar-refractivity contribution in [2.24, 2.45) is 11.5 Å². The Morgan fingerprint density at radius 3 is 1.74 bits per heavy atom. The molecular weight excluding hydrogens is 488 g/mol. The van der Waals surface area contributed by atoms with E-state index in [2.05, 4.69) is 10.6 Å². The van der Waals surface area contributed by atoms with Crippen molar-refractivity contribution >= 4 is 34.6 Å². The zero-order chi connectivity index (χ0) is 27.7. The molecule has 3 aromatic rings. The molecule has 0 aromatic heterocycles. The van der Waals surface area contributed by atoms with E-state index in [9.17, 15) is 9.59 Å². The molecule has 2 amide bonds. The van der Waals surface area contributed by atoms with E-state index in [4.69, 9.17) is 37.1 Å². The van der Waals surface area contributed by atoms with Crippen LogP contribution in [0.5, 0.6) is 17.2 Å². The van der Waals surface area contributed by atoms with Gasteiger partial charge in [-0.15, -0.1) is 0 Å². The molecule has 0 atom stereocenters. The second kappa shape index (κ2) is 12.8. The van der Waals surface area contributed by atoms with Crippen LogP contribution in [0.25, 0.3) is 0 Å². The van der Waals surface area contributed by atoms with Gasteiger partial charge in [0.15, 0.2) is 0 Å². The third-order valence-electron chi connectivity index (χ3n) is 5.57. The molecule has 200 valence electrons. The molecule has 3 rings (SSSR count). The lowest BCUT2D eigenvalue weighted by molar-refractivity contribution is 0.0991. The number of anilines is 4. The molecule has 0 heterocycles. The first-order chi connectivity index (χ1) is 18.2. The average Bonchev–Trinajstić information content (AvgIpc) is 2.90. The Kier molecular flexibility index (Phi) is 9.25. The molecule has 0 bridgehead atoms. The first kappa shape index (κ1) is 27.5. The summed E-state index contributed by atoms with van der Waals surface area (Å²) in [6, 6.07) is 13.5. The van der Waals surface area contributed by atoms with Crippen LogP contribution < -0.4 is 47.8 Å². The van der Waals surface area contributed by atoms with Crippen molar-refractivity contribution < 1.29 is 23.8 Å². The number of benzene rings is 3. The molecule has 0 spiro atoms. The van der Waals surface area contributed by atoms with Crippen molar-refractivity contribution in [3.05, 3.63) is 77.4 Å². The van der Waals surface area contributed by atoms with E-state index in [1.54, 1.807) is 13.2 Å². The van der Waals surface area contributed by atoms with Crippen molar-refractivity contribution in [3.8, 4) is 17.2 Å². The Morgan fingerprint density at radius 2 is 1.26 bits per heavy atom. The van der Waals surface area contributed by atoms with Gasteiger partial charge in [0.25, 0.3) is 0 Å². The summed E-state index contributed by atoms with van der Waals surface area (Å²) in [5, 5.41) is 6.38. The summed E-state index contributed by atoms with van der Waals surface area (Å²) in [5.74, 6) is 0.339. The van der Waals surface area contributed by atoms with Gasteiger partial charge in [-0.1, -0.05) is 24.3 Å². The monoisotopic (exact) mass is 520 g/mol. The van der Waals surface area contributed by atoms with Crippen LogP contribution in [0.4, 0.5) is 22.7 Å². The number of hydrogen-bond donors (Lipinski definition) is 6. The third-order valence-corrected chi connectivity index (χ3v) is 5.57. The van der Waals surface area contributed by atoms with E-state index >= 15 is 0 Å².